The highest BCUT2D eigenvalue weighted by Crippen LogP contribution is 2.49. The van der Waals surface area contributed by atoms with Crippen LogP contribution in [0, 0.1) is 33.8 Å². The second-order valence-corrected chi connectivity index (χ2v) is 7.55. The molecule has 146 valence electrons. The Morgan fingerprint density at radius 2 is 1.69 bits per heavy atom. The van der Waals surface area contributed by atoms with Crippen molar-refractivity contribution in [2.24, 2.45) is 28.8 Å². The van der Waals surface area contributed by atoms with Crippen molar-refractivity contribution >= 4 is 23.7 Å². The Morgan fingerprint density at radius 3 is 2.31 bits per heavy atom. The SMILES string of the molecule is O=C1[C@@H]2[C@H](C(=O)N1/N=C\c1ccc(-c3ccccc3[N+](=O)[O-])o1)[C@H]1C=C[C@H]2CC1. The number of para-hydroxylation sites is 1. The van der Waals surface area contributed by atoms with Gasteiger partial charge >= 0.3 is 0 Å². The summed E-state index contributed by atoms with van der Waals surface area (Å²) in [6.45, 7) is 0. The molecule has 0 spiro atoms. The zero-order valence-electron chi connectivity index (χ0n) is 15.3. The number of fused-ring (bicyclic) bond motifs is 1. The van der Waals surface area contributed by atoms with Crippen molar-refractivity contribution in [2.75, 3.05) is 0 Å². The zero-order chi connectivity index (χ0) is 20.1. The minimum atomic E-state index is -0.475. The molecular formula is C21H17N3O5. The summed E-state index contributed by atoms with van der Waals surface area (Å²) in [6, 6.07) is 9.46. The summed E-state index contributed by atoms with van der Waals surface area (Å²) in [5.41, 5.74) is 0.279. The Morgan fingerprint density at radius 1 is 1.03 bits per heavy atom. The summed E-state index contributed by atoms with van der Waals surface area (Å²) in [4.78, 5) is 36.3. The molecule has 1 aromatic carbocycles. The van der Waals surface area contributed by atoms with Crippen LogP contribution in [0.1, 0.15) is 18.6 Å². The molecule has 0 radical (unpaired) electrons. The summed E-state index contributed by atoms with van der Waals surface area (Å²) in [5.74, 6) is -0.332. The Balaban J connectivity index is 1.39. The smallest absolute Gasteiger partial charge is 0.280 e. The van der Waals surface area contributed by atoms with E-state index in [4.69, 9.17) is 4.42 Å². The van der Waals surface area contributed by atoms with E-state index in [0.29, 0.717) is 17.1 Å². The Labute approximate surface area is 165 Å². The van der Waals surface area contributed by atoms with Crippen LogP contribution < -0.4 is 0 Å². The fourth-order valence-corrected chi connectivity index (χ4v) is 4.70. The molecule has 3 aliphatic carbocycles. The van der Waals surface area contributed by atoms with Gasteiger partial charge in [-0.3, -0.25) is 19.7 Å². The fourth-order valence-electron chi connectivity index (χ4n) is 4.70. The minimum Gasteiger partial charge on any atom is -0.455 e. The maximum Gasteiger partial charge on any atom is 0.280 e. The van der Waals surface area contributed by atoms with Gasteiger partial charge < -0.3 is 4.42 Å². The maximum absolute atomic E-state index is 12.8. The van der Waals surface area contributed by atoms with Crippen molar-refractivity contribution < 1.29 is 18.9 Å². The number of nitro benzene ring substituents is 1. The van der Waals surface area contributed by atoms with Gasteiger partial charge in [0.2, 0.25) is 0 Å². The standard InChI is InChI=1S/C21H17N3O5/c25-20-18-12-5-6-13(8-7-12)19(18)21(26)23(20)22-11-14-9-10-17(29-14)15-3-1-2-4-16(15)24(27)28/h1-6,9-13,18-19H,7-8H2/b22-11-/t12-,13-,18-,19+/m0/s1. The number of benzene rings is 1. The average Bonchev–Trinajstić information content (AvgIpc) is 3.32. The predicted octanol–water partition coefficient (Wildman–Crippen LogP) is 3.39. The highest BCUT2D eigenvalue weighted by atomic mass is 16.6. The molecule has 1 aliphatic heterocycles. The van der Waals surface area contributed by atoms with Crippen LogP contribution >= 0.6 is 0 Å². The molecule has 0 N–H and O–H groups in total. The summed E-state index contributed by atoms with van der Waals surface area (Å²) >= 11 is 0. The first-order valence-electron chi connectivity index (χ1n) is 9.48. The molecule has 2 fully saturated rings. The number of nitro groups is 1. The lowest BCUT2D eigenvalue weighted by Gasteiger charge is -2.37. The Hall–Kier alpha value is -3.55. The van der Waals surface area contributed by atoms with Gasteiger partial charge in [0.05, 0.1) is 28.5 Å². The van der Waals surface area contributed by atoms with Crippen molar-refractivity contribution in [2.45, 2.75) is 12.8 Å². The molecule has 0 unspecified atom stereocenters. The van der Waals surface area contributed by atoms with Crippen LogP contribution in [0.15, 0.2) is 58.1 Å². The lowest BCUT2D eigenvalue weighted by molar-refractivity contribution is -0.384. The number of nitrogens with zero attached hydrogens (tertiary/aromatic N) is 3. The van der Waals surface area contributed by atoms with Gasteiger partial charge in [-0.2, -0.15) is 10.1 Å². The van der Waals surface area contributed by atoms with Gasteiger partial charge in [0.25, 0.3) is 17.5 Å². The van der Waals surface area contributed by atoms with Gasteiger partial charge in [0, 0.05) is 6.07 Å². The van der Waals surface area contributed by atoms with Gasteiger partial charge in [-0.15, -0.1) is 0 Å². The first kappa shape index (κ1) is 17.5. The molecular weight excluding hydrogens is 374 g/mol. The van der Waals surface area contributed by atoms with E-state index >= 15 is 0 Å². The molecule has 4 atom stereocenters. The van der Waals surface area contributed by atoms with Gasteiger partial charge in [-0.05, 0) is 42.9 Å². The van der Waals surface area contributed by atoms with E-state index < -0.39 is 4.92 Å². The molecule has 2 bridgehead atoms. The van der Waals surface area contributed by atoms with Gasteiger partial charge in [-0.1, -0.05) is 24.3 Å². The number of hydrogen-bond acceptors (Lipinski definition) is 6. The van der Waals surface area contributed by atoms with Crippen molar-refractivity contribution in [3.63, 3.8) is 0 Å². The molecule has 6 rings (SSSR count). The number of carbonyl (C=O) groups is 2. The molecule has 2 aromatic rings. The quantitative estimate of drug-likeness (QED) is 0.261. The molecule has 2 amide bonds. The number of hydrazone groups is 1. The number of amides is 2. The second-order valence-electron chi connectivity index (χ2n) is 7.55. The fraction of sp³-hybridized carbons (Fsp3) is 0.286. The number of hydrogen-bond donors (Lipinski definition) is 0. The molecule has 8 heteroatoms. The van der Waals surface area contributed by atoms with Crippen LogP contribution in [0.4, 0.5) is 5.69 Å². The van der Waals surface area contributed by atoms with Gasteiger partial charge in [0.1, 0.15) is 11.5 Å². The second kappa shape index (κ2) is 6.51. The van der Waals surface area contributed by atoms with Crippen molar-refractivity contribution in [1.82, 2.24) is 5.01 Å². The van der Waals surface area contributed by atoms with Gasteiger partial charge in [0.15, 0.2) is 0 Å². The van der Waals surface area contributed by atoms with Crippen LogP contribution in [0.3, 0.4) is 0 Å². The molecule has 1 saturated heterocycles. The molecule has 4 aliphatic rings. The molecule has 8 nitrogen and oxygen atoms in total. The number of allylic oxidation sites excluding steroid dienone is 2. The lowest BCUT2D eigenvalue weighted by Crippen LogP contribution is -2.38. The molecule has 29 heavy (non-hydrogen) atoms. The average molecular weight is 391 g/mol. The normalized spacial score (nSPS) is 27.8. The third-order valence-corrected chi connectivity index (χ3v) is 6.03. The third-order valence-electron chi connectivity index (χ3n) is 6.03. The van der Waals surface area contributed by atoms with Crippen LogP contribution in [0.25, 0.3) is 11.3 Å². The highest BCUT2D eigenvalue weighted by Gasteiger charge is 2.56. The largest absolute Gasteiger partial charge is 0.455 e. The molecule has 1 aromatic heterocycles. The summed E-state index contributed by atoms with van der Waals surface area (Å²) in [7, 11) is 0. The van der Waals surface area contributed by atoms with Crippen LogP contribution in [-0.4, -0.2) is 28.0 Å². The van der Waals surface area contributed by atoms with E-state index in [0.717, 1.165) is 17.9 Å². The zero-order valence-corrected chi connectivity index (χ0v) is 15.3. The van der Waals surface area contributed by atoms with Gasteiger partial charge in [-0.25, -0.2) is 0 Å². The van der Waals surface area contributed by atoms with E-state index in [2.05, 4.69) is 17.3 Å². The van der Waals surface area contributed by atoms with Crippen molar-refractivity contribution in [1.29, 1.82) is 0 Å². The lowest BCUT2D eigenvalue weighted by atomic mass is 9.63. The van der Waals surface area contributed by atoms with Crippen LogP contribution in [0.5, 0.6) is 0 Å². The van der Waals surface area contributed by atoms with E-state index in [-0.39, 0.29) is 41.2 Å². The number of rotatable bonds is 4. The van der Waals surface area contributed by atoms with E-state index in [1.54, 1.807) is 30.3 Å². The first-order chi connectivity index (χ1) is 14.0. The summed E-state index contributed by atoms with van der Waals surface area (Å²) in [5, 5.41) is 16.3. The van der Waals surface area contributed by atoms with E-state index in [1.165, 1.54) is 12.3 Å². The molecule has 1 saturated carbocycles. The monoisotopic (exact) mass is 391 g/mol. The highest BCUT2D eigenvalue weighted by molar-refractivity contribution is 6.06. The van der Waals surface area contributed by atoms with E-state index in [1.807, 2.05) is 0 Å². The van der Waals surface area contributed by atoms with E-state index in [9.17, 15) is 19.7 Å². The summed E-state index contributed by atoms with van der Waals surface area (Å²) in [6.07, 6.45) is 7.27. The number of carbonyl (C=O) groups excluding carboxylic acids is 2. The van der Waals surface area contributed by atoms with Crippen molar-refractivity contribution in [3.8, 4) is 11.3 Å². The summed E-state index contributed by atoms with van der Waals surface area (Å²) < 4.78 is 5.65. The minimum absolute atomic E-state index is 0.0673. The third kappa shape index (κ3) is 2.71. The van der Waals surface area contributed by atoms with Crippen LogP contribution in [0.2, 0.25) is 0 Å². The first-order valence-corrected chi connectivity index (χ1v) is 9.48. The Bertz CT molecular complexity index is 1050. The van der Waals surface area contributed by atoms with Crippen LogP contribution in [-0.2, 0) is 9.59 Å². The number of imide groups is 1. The maximum atomic E-state index is 12.8. The number of furan rings is 1. The predicted molar refractivity (Wildman–Crippen MR) is 103 cm³/mol. The molecule has 2 heterocycles. The Kier molecular flexibility index (Phi) is 3.94. The topological polar surface area (TPSA) is 106 Å². The van der Waals surface area contributed by atoms with Crippen molar-refractivity contribution in [3.05, 3.63) is 64.4 Å².